The highest BCUT2D eigenvalue weighted by atomic mass is 16.5. The van der Waals surface area contributed by atoms with Crippen molar-refractivity contribution in [3.63, 3.8) is 0 Å². The third-order valence-corrected chi connectivity index (χ3v) is 1.11. The third-order valence-electron chi connectivity index (χ3n) is 1.11. The first-order chi connectivity index (χ1) is 5.70. The lowest BCUT2D eigenvalue weighted by Crippen LogP contribution is -2.29. The van der Waals surface area contributed by atoms with E-state index in [2.05, 4.69) is 4.74 Å². The summed E-state index contributed by atoms with van der Waals surface area (Å²) >= 11 is 0. The van der Waals surface area contributed by atoms with E-state index in [1.54, 1.807) is 11.9 Å². The van der Waals surface area contributed by atoms with Gasteiger partial charge in [0.2, 0.25) is 0 Å². The van der Waals surface area contributed by atoms with Crippen molar-refractivity contribution in [3.8, 4) is 0 Å². The molecular weight excluding hydrogens is 158 g/mol. The van der Waals surface area contributed by atoms with Gasteiger partial charge in [0.05, 0.1) is 20.3 Å². The molecule has 0 aliphatic heterocycles. The molecule has 4 nitrogen and oxygen atoms in total. The molecule has 0 aliphatic rings. The Bertz CT molecular complexity index is 106. The quantitative estimate of drug-likeness (QED) is 0.619. The largest absolute Gasteiger partial charge is 0.468 e. The van der Waals surface area contributed by atoms with Crippen molar-refractivity contribution in [2.24, 2.45) is 0 Å². The minimum atomic E-state index is -0.282. The predicted octanol–water partition coefficient (Wildman–Crippen LogP) is 0.110. The normalized spacial score (nSPS) is 8.83. The first-order valence-electron chi connectivity index (χ1n) is 4.07. The minimum Gasteiger partial charge on any atom is -0.468 e. The zero-order valence-electron chi connectivity index (χ0n) is 8.33. The Morgan fingerprint density at radius 3 is 2.33 bits per heavy atom. The molecule has 0 amide bonds. The van der Waals surface area contributed by atoms with E-state index in [9.17, 15) is 4.79 Å². The summed E-state index contributed by atoms with van der Waals surface area (Å²) < 4.78 is 4.40. The first-order valence-corrected chi connectivity index (χ1v) is 4.07. The van der Waals surface area contributed by atoms with Crippen LogP contribution in [-0.4, -0.2) is 49.8 Å². The van der Waals surface area contributed by atoms with Crippen LogP contribution in [0.2, 0.25) is 0 Å². The Balaban J connectivity index is 0. The number of methoxy groups -OCH3 is 1. The Morgan fingerprint density at radius 2 is 2.00 bits per heavy atom. The Labute approximate surface area is 74.1 Å². The predicted molar refractivity (Wildman–Crippen MR) is 47.9 cm³/mol. The number of carbonyl (C=O) groups is 1. The second-order valence-electron chi connectivity index (χ2n) is 2.04. The van der Waals surface area contributed by atoms with E-state index < -0.39 is 0 Å². The molecule has 0 bridgehead atoms. The highest BCUT2D eigenvalue weighted by Crippen LogP contribution is 1.82. The van der Waals surface area contributed by atoms with Crippen LogP contribution in [0.1, 0.15) is 13.8 Å². The van der Waals surface area contributed by atoms with E-state index in [0.29, 0.717) is 6.54 Å². The molecule has 0 saturated carbocycles. The highest BCUT2D eigenvalue weighted by molar-refractivity contribution is 5.71. The molecule has 0 aliphatic carbocycles. The fourth-order valence-electron chi connectivity index (χ4n) is 0.535. The van der Waals surface area contributed by atoms with Gasteiger partial charge >= 0.3 is 5.97 Å². The molecule has 1 N–H and O–H groups in total. The zero-order chi connectivity index (χ0) is 9.98. The lowest BCUT2D eigenvalue weighted by molar-refractivity contribution is -0.141. The fourth-order valence-corrected chi connectivity index (χ4v) is 0.535. The highest BCUT2D eigenvalue weighted by Gasteiger charge is 2.03. The number of rotatable bonds is 4. The van der Waals surface area contributed by atoms with E-state index in [1.807, 2.05) is 13.8 Å². The summed E-state index contributed by atoms with van der Waals surface area (Å²) in [7, 11) is 3.09. The van der Waals surface area contributed by atoms with Crippen LogP contribution in [0.5, 0.6) is 0 Å². The van der Waals surface area contributed by atoms with Crippen LogP contribution in [0, 0.1) is 0 Å². The summed E-state index contributed by atoms with van der Waals surface area (Å²) in [6.07, 6.45) is 0. The molecule has 0 saturated heterocycles. The second-order valence-corrected chi connectivity index (χ2v) is 2.04. The van der Waals surface area contributed by atoms with E-state index in [4.69, 9.17) is 5.11 Å². The molecule has 0 aromatic heterocycles. The SMILES string of the molecule is CC.COC(=O)CN(C)CCO. The number of carbonyl (C=O) groups excluding carboxylic acids is 1. The smallest absolute Gasteiger partial charge is 0.319 e. The maximum Gasteiger partial charge on any atom is 0.319 e. The van der Waals surface area contributed by atoms with Gasteiger partial charge in [-0.1, -0.05) is 13.8 Å². The van der Waals surface area contributed by atoms with Gasteiger partial charge in [-0.3, -0.25) is 9.69 Å². The molecular formula is C8H19NO3. The maximum absolute atomic E-state index is 10.6. The van der Waals surface area contributed by atoms with Crippen molar-refractivity contribution >= 4 is 5.97 Å². The van der Waals surface area contributed by atoms with Crippen LogP contribution in [0.4, 0.5) is 0 Å². The number of ether oxygens (including phenoxy) is 1. The number of hydrogen-bond acceptors (Lipinski definition) is 4. The molecule has 0 rings (SSSR count). The van der Waals surface area contributed by atoms with Gasteiger partial charge in [-0.2, -0.15) is 0 Å². The van der Waals surface area contributed by atoms with Crippen LogP contribution in [0.15, 0.2) is 0 Å². The van der Waals surface area contributed by atoms with Gasteiger partial charge in [0, 0.05) is 6.54 Å². The van der Waals surface area contributed by atoms with Crippen molar-refractivity contribution in [2.75, 3.05) is 33.9 Å². The number of likely N-dealkylation sites (N-methyl/N-ethyl adjacent to an activating group) is 1. The van der Waals surface area contributed by atoms with Gasteiger partial charge < -0.3 is 9.84 Å². The molecule has 0 aromatic rings. The summed E-state index contributed by atoms with van der Waals surface area (Å²) in [4.78, 5) is 12.2. The van der Waals surface area contributed by atoms with Gasteiger partial charge in [-0.05, 0) is 7.05 Å². The fraction of sp³-hybridized carbons (Fsp3) is 0.875. The molecule has 0 aromatic carbocycles. The van der Waals surface area contributed by atoms with Crippen molar-refractivity contribution in [3.05, 3.63) is 0 Å². The van der Waals surface area contributed by atoms with Crippen LogP contribution < -0.4 is 0 Å². The van der Waals surface area contributed by atoms with Crippen LogP contribution in [0.25, 0.3) is 0 Å². The monoisotopic (exact) mass is 177 g/mol. The molecule has 0 heterocycles. The Kier molecular flexibility index (Phi) is 12.1. The van der Waals surface area contributed by atoms with Crippen molar-refractivity contribution in [1.29, 1.82) is 0 Å². The summed E-state index contributed by atoms with van der Waals surface area (Å²) in [5.41, 5.74) is 0. The molecule has 0 atom stereocenters. The van der Waals surface area contributed by atoms with E-state index in [0.717, 1.165) is 0 Å². The average molecular weight is 177 g/mol. The Morgan fingerprint density at radius 1 is 1.50 bits per heavy atom. The number of hydrogen-bond donors (Lipinski definition) is 1. The third kappa shape index (κ3) is 9.39. The molecule has 4 heteroatoms. The van der Waals surface area contributed by atoms with Crippen LogP contribution in [0.3, 0.4) is 0 Å². The summed E-state index contributed by atoms with van der Waals surface area (Å²) in [5.74, 6) is -0.282. The van der Waals surface area contributed by atoms with Crippen LogP contribution in [-0.2, 0) is 9.53 Å². The first kappa shape index (κ1) is 13.9. The van der Waals surface area contributed by atoms with Gasteiger partial charge in [-0.15, -0.1) is 0 Å². The molecule has 0 radical (unpaired) electrons. The molecule has 0 spiro atoms. The second kappa shape index (κ2) is 10.4. The Hall–Kier alpha value is -0.610. The lowest BCUT2D eigenvalue weighted by Gasteiger charge is -2.12. The van der Waals surface area contributed by atoms with E-state index >= 15 is 0 Å². The van der Waals surface area contributed by atoms with Crippen molar-refractivity contribution < 1.29 is 14.6 Å². The number of esters is 1. The summed E-state index contributed by atoms with van der Waals surface area (Å²) in [6.45, 7) is 4.79. The van der Waals surface area contributed by atoms with E-state index in [-0.39, 0.29) is 19.1 Å². The van der Waals surface area contributed by atoms with Crippen LogP contribution >= 0.6 is 0 Å². The molecule has 0 unspecified atom stereocenters. The number of aliphatic hydroxyl groups is 1. The van der Waals surface area contributed by atoms with Crippen molar-refractivity contribution in [1.82, 2.24) is 4.90 Å². The van der Waals surface area contributed by atoms with Crippen molar-refractivity contribution in [2.45, 2.75) is 13.8 Å². The van der Waals surface area contributed by atoms with Gasteiger partial charge in [0.15, 0.2) is 0 Å². The maximum atomic E-state index is 10.6. The van der Waals surface area contributed by atoms with E-state index in [1.165, 1.54) is 7.11 Å². The number of aliphatic hydroxyl groups excluding tert-OH is 1. The topological polar surface area (TPSA) is 49.8 Å². The van der Waals surface area contributed by atoms with Gasteiger partial charge in [0.25, 0.3) is 0 Å². The number of nitrogens with zero attached hydrogens (tertiary/aromatic N) is 1. The molecule has 0 fully saturated rings. The standard InChI is InChI=1S/C6H13NO3.C2H6/c1-7(3-4-8)5-6(9)10-2;1-2/h8H,3-5H2,1-2H3;1-2H3. The minimum absolute atomic E-state index is 0.0630. The molecule has 12 heavy (non-hydrogen) atoms. The summed E-state index contributed by atoms with van der Waals surface area (Å²) in [5, 5.41) is 8.43. The van der Waals surface area contributed by atoms with Gasteiger partial charge in [-0.25, -0.2) is 0 Å². The average Bonchev–Trinajstić information content (AvgIpc) is 2.08. The summed E-state index contributed by atoms with van der Waals surface area (Å²) in [6, 6.07) is 0. The lowest BCUT2D eigenvalue weighted by atomic mass is 10.5. The molecule has 74 valence electrons. The van der Waals surface area contributed by atoms with Gasteiger partial charge in [0.1, 0.15) is 0 Å². The zero-order valence-corrected chi connectivity index (χ0v) is 8.33.